The number of ether oxygens (including phenoxy) is 1. The highest BCUT2D eigenvalue weighted by molar-refractivity contribution is 7.80. The van der Waals surface area contributed by atoms with Crippen molar-refractivity contribution < 1.29 is 9.53 Å². The largest absolute Gasteiger partial charge is 0.392 e. The zero-order valence-electron chi connectivity index (χ0n) is 9.21. The van der Waals surface area contributed by atoms with Crippen molar-refractivity contribution in [3.63, 3.8) is 0 Å². The summed E-state index contributed by atoms with van der Waals surface area (Å²) in [5.74, 6) is -0.0618. The Balaban J connectivity index is 2.80. The van der Waals surface area contributed by atoms with E-state index >= 15 is 0 Å². The Morgan fingerprint density at radius 3 is 2.40 bits per heavy atom. The van der Waals surface area contributed by atoms with Gasteiger partial charge in [0.05, 0.1) is 4.99 Å². The van der Waals surface area contributed by atoms with Gasteiger partial charge in [-0.2, -0.15) is 0 Å². The van der Waals surface area contributed by atoms with E-state index in [-0.39, 0.29) is 16.9 Å². The summed E-state index contributed by atoms with van der Waals surface area (Å²) in [5.41, 5.74) is 5.00. The first-order valence-corrected chi connectivity index (χ1v) is 5.58. The van der Waals surface area contributed by atoms with Gasteiger partial charge in [0.2, 0.25) is 5.91 Å². The number of rotatable bonds is 3. The molecule has 0 bridgehead atoms. The van der Waals surface area contributed by atoms with Crippen LogP contribution >= 0.6 is 12.2 Å². The molecule has 1 aliphatic rings. The average molecular weight is 230 g/mol. The summed E-state index contributed by atoms with van der Waals surface area (Å²) in [6.45, 7) is 4.93. The van der Waals surface area contributed by atoms with Gasteiger partial charge >= 0.3 is 0 Å². The number of nitrogens with one attached hydrogen (secondary N) is 1. The smallest absolute Gasteiger partial charge is 0.233 e. The van der Waals surface area contributed by atoms with Crippen molar-refractivity contribution in [2.75, 3.05) is 13.2 Å². The minimum atomic E-state index is -0.697. The highest BCUT2D eigenvalue weighted by Crippen LogP contribution is 2.31. The molecule has 0 radical (unpaired) electrons. The van der Waals surface area contributed by atoms with Gasteiger partial charge in [-0.1, -0.05) is 12.2 Å². The van der Waals surface area contributed by atoms with Crippen LogP contribution in [0.5, 0.6) is 0 Å². The first-order chi connectivity index (χ1) is 6.99. The number of hydrogen-bond acceptors (Lipinski definition) is 3. The summed E-state index contributed by atoms with van der Waals surface area (Å²) in [4.78, 5) is 12.3. The lowest BCUT2D eigenvalue weighted by Gasteiger charge is -2.35. The van der Waals surface area contributed by atoms with Gasteiger partial charge in [0.15, 0.2) is 0 Å². The van der Waals surface area contributed by atoms with E-state index in [1.54, 1.807) is 0 Å². The number of amides is 1. The van der Waals surface area contributed by atoms with E-state index in [9.17, 15) is 4.79 Å². The third-order valence-corrected chi connectivity index (χ3v) is 3.06. The third kappa shape index (κ3) is 2.66. The number of hydrogen-bond donors (Lipinski definition) is 2. The van der Waals surface area contributed by atoms with Gasteiger partial charge < -0.3 is 15.8 Å². The maximum atomic E-state index is 12.0. The van der Waals surface area contributed by atoms with Crippen LogP contribution in [-0.2, 0) is 9.53 Å². The second kappa shape index (κ2) is 4.90. The molecule has 1 rings (SSSR count). The quantitative estimate of drug-likeness (QED) is 0.697. The Hall–Kier alpha value is -0.680. The van der Waals surface area contributed by atoms with E-state index in [1.807, 2.05) is 13.8 Å². The van der Waals surface area contributed by atoms with Crippen molar-refractivity contribution >= 4 is 23.1 Å². The summed E-state index contributed by atoms with van der Waals surface area (Å²) in [5, 5.41) is 2.87. The standard InChI is InChI=1S/C10H18N2O2S/c1-7(2)12-9(13)10(8(11)15)3-5-14-6-4-10/h7H,3-6H2,1-2H3,(H2,11,15)(H,12,13). The molecule has 1 heterocycles. The molecule has 0 unspecified atom stereocenters. The summed E-state index contributed by atoms with van der Waals surface area (Å²) in [7, 11) is 0. The van der Waals surface area contributed by atoms with Crippen LogP contribution < -0.4 is 11.1 Å². The summed E-state index contributed by atoms with van der Waals surface area (Å²) in [6.07, 6.45) is 1.17. The van der Waals surface area contributed by atoms with Crippen molar-refractivity contribution in [3.8, 4) is 0 Å². The third-order valence-electron chi connectivity index (χ3n) is 2.67. The maximum Gasteiger partial charge on any atom is 0.233 e. The normalized spacial score (nSPS) is 19.9. The average Bonchev–Trinajstić information content (AvgIpc) is 2.17. The van der Waals surface area contributed by atoms with Crippen molar-refractivity contribution in [1.82, 2.24) is 5.32 Å². The molecule has 4 nitrogen and oxygen atoms in total. The lowest BCUT2D eigenvalue weighted by Crippen LogP contribution is -2.53. The lowest BCUT2D eigenvalue weighted by molar-refractivity contribution is -0.131. The lowest BCUT2D eigenvalue weighted by atomic mass is 9.79. The van der Waals surface area contributed by atoms with Crippen molar-refractivity contribution in [2.45, 2.75) is 32.7 Å². The summed E-state index contributed by atoms with van der Waals surface area (Å²) < 4.78 is 5.23. The SMILES string of the molecule is CC(C)NC(=O)C1(C(N)=S)CCOCC1. The number of carbonyl (C=O) groups is 1. The molecule has 1 amide bonds. The molecule has 86 valence electrons. The van der Waals surface area contributed by atoms with Gasteiger partial charge in [-0.15, -0.1) is 0 Å². The molecular formula is C10H18N2O2S. The molecule has 0 saturated carbocycles. The van der Waals surface area contributed by atoms with E-state index in [1.165, 1.54) is 0 Å². The van der Waals surface area contributed by atoms with Crippen molar-refractivity contribution in [1.29, 1.82) is 0 Å². The topological polar surface area (TPSA) is 64.4 Å². The molecule has 1 saturated heterocycles. The molecule has 3 N–H and O–H groups in total. The molecule has 0 aliphatic carbocycles. The van der Waals surface area contributed by atoms with Crippen LogP contribution in [0, 0.1) is 5.41 Å². The molecule has 0 aromatic carbocycles. The fraction of sp³-hybridized carbons (Fsp3) is 0.800. The van der Waals surface area contributed by atoms with E-state index in [0.29, 0.717) is 26.1 Å². The molecule has 0 aromatic rings. The van der Waals surface area contributed by atoms with Gasteiger partial charge in [0.1, 0.15) is 5.41 Å². The minimum Gasteiger partial charge on any atom is -0.392 e. The second-order valence-corrected chi connectivity index (χ2v) is 4.63. The molecule has 0 aromatic heterocycles. The van der Waals surface area contributed by atoms with Crippen LogP contribution in [0.25, 0.3) is 0 Å². The predicted molar refractivity (Wildman–Crippen MR) is 62.6 cm³/mol. The van der Waals surface area contributed by atoms with E-state index in [0.717, 1.165) is 0 Å². The van der Waals surface area contributed by atoms with Crippen LogP contribution in [0.4, 0.5) is 0 Å². The van der Waals surface area contributed by atoms with Gasteiger partial charge in [-0.05, 0) is 26.7 Å². The predicted octanol–water partition coefficient (Wildman–Crippen LogP) is 0.594. The monoisotopic (exact) mass is 230 g/mol. The van der Waals surface area contributed by atoms with Crippen LogP contribution in [0.15, 0.2) is 0 Å². The van der Waals surface area contributed by atoms with E-state index in [2.05, 4.69) is 5.32 Å². The van der Waals surface area contributed by atoms with Crippen molar-refractivity contribution in [2.24, 2.45) is 11.1 Å². The van der Waals surface area contributed by atoms with Gasteiger partial charge in [0, 0.05) is 19.3 Å². The Bertz CT molecular complexity index is 260. The Morgan fingerprint density at radius 1 is 1.47 bits per heavy atom. The van der Waals surface area contributed by atoms with Crippen molar-refractivity contribution in [3.05, 3.63) is 0 Å². The molecule has 0 atom stereocenters. The van der Waals surface area contributed by atoms with Gasteiger partial charge in [0.25, 0.3) is 0 Å². The molecule has 0 spiro atoms. The zero-order chi connectivity index (χ0) is 11.5. The van der Waals surface area contributed by atoms with E-state index in [4.69, 9.17) is 22.7 Å². The van der Waals surface area contributed by atoms with Crippen LogP contribution in [0.2, 0.25) is 0 Å². The first kappa shape index (κ1) is 12.4. The zero-order valence-corrected chi connectivity index (χ0v) is 10.0. The van der Waals surface area contributed by atoms with E-state index < -0.39 is 5.41 Å². The van der Waals surface area contributed by atoms with Gasteiger partial charge in [-0.25, -0.2) is 0 Å². The van der Waals surface area contributed by atoms with Gasteiger partial charge in [-0.3, -0.25) is 4.79 Å². The Kier molecular flexibility index (Phi) is 4.04. The Labute approximate surface area is 95.5 Å². The molecule has 1 fully saturated rings. The fourth-order valence-corrected chi connectivity index (χ4v) is 2.00. The number of nitrogens with two attached hydrogens (primary N) is 1. The fourth-order valence-electron chi connectivity index (χ4n) is 1.71. The van der Waals surface area contributed by atoms with Crippen LogP contribution in [0.1, 0.15) is 26.7 Å². The second-order valence-electron chi connectivity index (χ2n) is 4.19. The summed E-state index contributed by atoms with van der Waals surface area (Å²) >= 11 is 5.02. The highest BCUT2D eigenvalue weighted by atomic mass is 32.1. The van der Waals surface area contributed by atoms with Crippen LogP contribution in [-0.4, -0.2) is 30.2 Å². The minimum absolute atomic E-state index is 0.0618. The maximum absolute atomic E-state index is 12.0. The molecule has 15 heavy (non-hydrogen) atoms. The van der Waals surface area contributed by atoms with Crippen LogP contribution in [0.3, 0.4) is 0 Å². The highest BCUT2D eigenvalue weighted by Gasteiger charge is 2.42. The first-order valence-electron chi connectivity index (χ1n) is 5.17. The molecular weight excluding hydrogens is 212 g/mol. The summed E-state index contributed by atoms with van der Waals surface area (Å²) in [6, 6.07) is 0.103. The molecule has 1 aliphatic heterocycles. The Morgan fingerprint density at radius 2 is 2.00 bits per heavy atom. The molecule has 5 heteroatoms. The number of carbonyl (C=O) groups excluding carboxylic acids is 1. The number of thiocarbonyl (C=S) groups is 1.